The molecule has 0 spiro atoms. The van der Waals surface area contributed by atoms with Crippen LogP contribution in [0, 0.1) is 11.8 Å². The van der Waals surface area contributed by atoms with Crippen LogP contribution < -0.4 is 5.32 Å². The monoisotopic (exact) mass is 281 g/mol. The molecule has 0 saturated carbocycles. The largest absolute Gasteiger partial charge is 0.312 e. The predicted molar refractivity (Wildman–Crippen MR) is 84.7 cm³/mol. The van der Waals surface area contributed by atoms with Crippen molar-refractivity contribution in [2.45, 2.75) is 39.7 Å². The first kappa shape index (κ1) is 14.0. The first-order valence-electron chi connectivity index (χ1n) is 6.74. The molecule has 18 heavy (non-hydrogen) atoms. The normalized spacial score (nSPS) is 15.4. The number of nitrogens with one attached hydrogen (secondary N) is 1. The molecule has 2 heterocycles. The lowest BCUT2D eigenvalue weighted by molar-refractivity contribution is 0.369. The molecule has 0 aliphatic rings. The van der Waals surface area contributed by atoms with Crippen molar-refractivity contribution >= 4 is 32.1 Å². The quantitative estimate of drug-likeness (QED) is 0.758. The van der Waals surface area contributed by atoms with Crippen LogP contribution in [0.4, 0.5) is 0 Å². The van der Waals surface area contributed by atoms with Crippen molar-refractivity contribution in [1.29, 1.82) is 0 Å². The zero-order valence-electron chi connectivity index (χ0n) is 11.7. The summed E-state index contributed by atoms with van der Waals surface area (Å²) in [5.74, 6) is 1.58. The topological polar surface area (TPSA) is 12.0 Å². The van der Waals surface area contributed by atoms with E-state index in [0.717, 1.165) is 11.8 Å². The van der Waals surface area contributed by atoms with Gasteiger partial charge in [0.2, 0.25) is 0 Å². The second kappa shape index (κ2) is 6.18. The van der Waals surface area contributed by atoms with E-state index in [-0.39, 0.29) is 0 Å². The lowest BCUT2D eigenvalue weighted by Crippen LogP contribution is -2.18. The summed E-state index contributed by atoms with van der Waals surface area (Å²) in [5, 5.41) is 5.67. The van der Waals surface area contributed by atoms with Gasteiger partial charge >= 0.3 is 0 Å². The maximum absolute atomic E-state index is 3.49. The van der Waals surface area contributed by atoms with Gasteiger partial charge in [-0.25, -0.2) is 0 Å². The highest BCUT2D eigenvalue weighted by Gasteiger charge is 2.17. The van der Waals surface area contributed by atoms with Crippen molar-refractivity contribution in [2.75, 3.05) is 7.05 Å². The molecule has 3 heteroatoms. The lowest BCUT2D eigenvalue weighted by Gasteiger charge is -2.20. The third-order valence-corrected chi connectivity index (χ3v) is 5.57. The lowest BCUT2D eigenvalue weighted by atomic mass is 9.92. The Hall–Kier alpha value is -0.380. The second-order valence-corrected chi connectivity index (χ2v) is 7.67. The molecule has 0 amide bonds. The maximum Gasteiger partial charge on any atom is 0.0454 e. The summed E-state index contributed by atoms with van der Waals surface area (Å²) in [6, 6.07) is 5.12. The fraction of sp³-hybridized carbons (Fsp3) is 0.600. The van der Waals surface area contributed by atoms with Crippen molar-refractivity contribution in [3.05, 3.63) is 22.4 Å². The summed E-state index contributed by atoms with van der Waals surface area (Å²) < 4.78 is 2.87. The van der Waals surface area contributed by atoms with Crippen LogP contribution in [0.2, 0.25) is 0 Å². The Balaban J connectivity index is 2.06. The Bertz CT molecular complexity index is 455. The third kappa shape index (κ3) is 3.34. The highest BCUT2D eigenvalue weighted by Crippen LogP contribution is 2.36. The highest BCUT2D eigenvalue weighted by molar-refractivity contribution is 7.26. The maximum atomic E-state index is 3.49. The van der Waals surface area contributed by atoms with Gasteiger partial charge in [0.25, 0.3) is 0 Å². The van der Waals surface area contributed by atoms with Gasteiger partial charge in [-0.2, -0.15) is 0 Å². The molecule has 0 bridgehead atoms. The number of hydrogen-bond acceptors (Lipinski definition) is 3. The Kier molecular flexibility index (Phi) is 4.82. The van der Waals surface area contributed by atoms with E-state index in [2.05, 4.69) is 50.6 Å². The molecule has 1 N–H and O–H groups in total. The van der Waals surface area contributed by atoms with Gasteiger partial charge < -0.3 is 5.32 Å². The van der Waals surface area contributed by atoms with E-state index >= 15 is 0 Å². The van der Waals surface area contributed by atoms with Gasteiger partial charge in [0.05, 0.1) is 0 Å². The fourth-order valence-corrected chi connectivity index (χ4v) is 4.88. The Labute approximate surface area is 118 Å². The van der Waals surface area contributed by atoms with Crippen molar-refractivity contribution in [2.24, 2.45) is 11.8 Å². The standard InChI is InChI=1S/C15H23NS2/c1-10(2)7-11(3)8-12(16-4)14-9-15-13(18-14)5-6-17-15/h5-6,9-12,16H,7-8H2,1-4H3. The minimum absolute atomic E-state index is 0.517. The van der Waals surface area contributed by atoms with Gasteiger partial charge in [0.1, 0.15) is 0 Å². The van der Waals surface area contributed by atoms with E-state index < -0.39 is 0 Å². The van der Waals surface area contributed by atoms with E-state index in [1.54, 1.807) is 0 Å². The molecule has 1 nitrogen and oxygen atoms in total. The van der Waals surface area contributed by atoms with E-state index in [1.807, 2.05) is 22.7 Å². The van der Waals surface area contributed by atoms with Crippen molar-refractivity contribution in [1.82, 2.24) is 5.32 Å². The van der Waals surface area contributed by atoms with Gasteiger partial charge in [-0.05, 0) is 49.2 Å². The number of fused-ring (bicyclic) bond motifs is 1. The minimum Gasteiger partial charge on any atom is -0.312 e. The van der Waals surface area contributed by atoms with Crippen LogP contribution in [0.3, 0.4) is 0 Å². The van der Waals surface area contributed by atoms with E-state index in [1.165, 1.54) is 27.1 Å². The van der Waals surface area contributed by atoms with Gasteiger partial charge in [-0.15, -0.1) is 22.7 Å². The number of hydrogen-bond donors (Lipinski definition) is 1. The first-order chi connectivity index (χ1) is 8.60. The number of thiophene rings is 2. The van der Waals surface area contributed by atoms with Crippen LogP contribution in [-0.4, -0.2) is 7.05 Å². The fourth-order valence-electron chi connectivity index (χ4n) is 2.64. The molecule has 0 aliphatic carbocycles. The zero-order chi connectivity index (χ0) is 13.1. The predicted octanol–water partition coefficient (Wildman–Crippen LogP) is 5.30. The summed E-state index contributed by atoms with van der Waals surface area (Å²) in [7, 11) is 2.08. The Morgan fingerprint density at radius 3 is 2.56 bits per heavy atom. The third-order valence-electron chi connectivity index (χ3n) is 3.36. The van der Waals surface area contributed by atoms with Gasteiger partial charge in [-0.1, -0.05) is 20.8 Å². The van der Waals surface area contributed by atoms with Gasteiger partial charge in [0.15, 0.2) is 0 Å². The van der Waals surface area contributed by atoms with E-state index in [9.17, 15) is 0 Å². The molecule has 2 aromatic rings. The van der Waals surface area contributed by atoms with Gasteiger partial charge in [0, 0.05) is 20.3 Å². The summed E-state index contributed by atoms with van der Waals surface area (Å²) in [6.45, 7) is 7.00. The second-order valence-electron chi connectivity index (χ2n) is 5.61. The highest BCUT2D eigenvalue weighted by atomic mass is 32.1. The average Bonchev–Trinajstić information content (AvgIpc) is 2.84. The molecule has 0 aliphatic heterocycles. The average molecular weight is 281 g/mol. The van der Waals surface area contributed by atoms with E-state index in [0.29, 0.717) is 6.04 Å². The molecule has 2 rings (SSSR count). The Morgan fingerprint density at radius 2 is 1.94 bits per heavy atom. The summed E-state index contributed by atoms with van der Waals surface area (Å²) in [6.07, 6.45) is 2.56. The Morgan fingerprint density at radius 1 is 1.17 bits per heavy atom. The van der Waals surface area contributed by atoms with Crippen molar-refractivity contribution in [3.63, 3.8) is 0 Å². The minimum atomic E-state index is 0.517. The number of rotatable bonds is 6. The molecule has 2 unspecified atom stereocenters. The van der Waals surface area contributed by atoms with Crippen LogP contribution in [-0.2, 0) is 0 Å². The summed E-state index contributed by atoms with van der Waals surface area (Å²) in [5.41, 5.74) is 0. The smallest absolute Gasteiger partial charge is 0.0454 e. The molecular formula is C15H23NS2. The molecule has 0 saturated heterocycles. The van der Waals surface area contributed by atoms with Crippen LogP contribution in [0.15, 0.2) is 17.5 Å². The molecule has 100 valence electrons. The van der Waals surface area contributed by atoms with Crippen LogP contribution >= 0.6 is 22.7 Å². The molecule has 2 aromatic heterocycles. The molecule has 2 atom stereocenters. The molecular weight excluding hydrogens is 258 g/mol. The first-order valence-corrected chi connectivity index (χ1v) is 8.44. The molecule has 0 aromatic carbocycles. The SMILES string of the molecule is CNC(CC(C)CC(C)C)c1cc2sccc2s1. The summed E-state index contributed by atoms with van der Waals surface area (Å²) in [4.78, 5) is 1.50. The van der Waals surface area contributed by atoms with Gasteiger partial charge in [-0.3, -0.25) is 0 Å². The van der Waals surface area contributed by atoms with Crippen LogP contribution in [0.5, 0.6) is 0 Å². The van der Waals surface area contributed by atoms with Crippen LogP contribution in [0.1, 0.15) is 44.5 Å². The summed E-state index contributed by atoms with van der Waals surface area (Å²) >= 11 is 3.79. The zero-order valence-corrected chi connectivity index (χ0v) is 13.3. The van der Waals surface area contributed by atoms with Crippen molar-refractivity contribution < 1.29 is 0 Å². The van der Waals surface area contributed by atoms with Crippen molar-refractivity contribution in [3.8, 4) is 0 Å². The van der Waals surface area contributed by atoms with Crippen LogP contribution in [0.25, 0.3) is 9.40 Å². The van der Waals surface area contributed by atoms with E-state index in [4.69, 9.17) is 0 Å². The molecule has 0 radical (unpaired) electrons. The molecule has 0 fully saturated rings.